The first-order chi connectivity index (χ1) is 20.3. The number of nitrogens with one attached hydrogen (secondary N) is 1. The molecule has 1 atom stereocenters. The number of nitrogens with zero attached hydrogens (tertiary/aromatic N) is 3. The van der Waals surface area contributed by atoms with E-state index < -0.39 is 23.4 Å². The van der Waals surface area contributed by atoms with Crippen molar-refractivity contribution < 1.29 is 17.6 Å². The normalized spacial score (nSPS) is 24.5. The molecule has 1 N–H and O–H groups in total. The molecule has 12 heteroatoms. The second-order valence-electron chi connectivity index (χ2n) is 13.9. The van der Waals surface area contributed by atoms with E-state index in [-0.39, 0.29) is 47.2 Å². The fourth-order valence-electron chi connectivity index (χ4n) is 5.80. The zero-order valence-corrected chi connectivity index (χ0v) is 28.7. The van der Waals surface area contributed by atoms with E-state index in [1.54, 1.807) is 6.20 Å². The van der Waals surface area contributed by atoms with E-state index in [1.807, 2.05) is 0 Å². The van der Waals surface area contributed by atoms with Crippen molar-refractivity contribution in [1.29, 1.82) is 0 Å². The van der Waals surface area contributed by atoms with Crippen LogP contribution in [0.5, 0.6) is 0 Å². The van der Waals surface area contributed by atoms with E-state index in [1.165, 1.54) is 28.8 Å². The second kappa shape index (κ2) is 12.8. The van der Waals surface area contributed by atoms with Gasteiger partial charge in [0.15, 0.2) is 18.2 Å². The molecule has 0 radical (unpaired) electrons. The van der Waals surface area contributed by atoms with Crippen molar-refractivity contribution in [3.8, 4) is 0 Å². The fraction of sp³-hybridized carbons (Fsp3) is 0.677. The van der Waals surface area contributed by atoms with Gasteiger partial charge in [-0.05, 0) is 74.4 Å². The summed E-state index contributed by atoms with van der Waals surface area (Å²) >= 11 is 6.47. The average molecular weight is 651 g/mol. The van der Waals surface area contributed by atoms with Crippen LogP contribution in [0.4, 0.5) is 11.4 Å². The molecule has 2 aliphatic carbocycles. The zero-order chi connectivity index (χ0) is 31.0. The van der Waals surface area contributed by atoms with Gasteiger partial charge in [0.2, 0.25) is 0 Å². The number of benzene rings is 1. The molecule has 0 spiro atoms. The minimum Gasteiger partial charge on any atom is -0.413 e. The molecule has 0 unspecified atom stereocenters. The van der Waals surface area contributed by atoms with Gasteiger partial charge in [-0.1, -0.05) is 44.5 Å². The van der Waals surface area contributed by atoms with Crippen molar-refractivity contribution in [3.05, 3.63) is 51.4 Å². The molecule has 0 amide bonds. The molecule has 1 aliphatic heterocycles. The first kappa shape index (κ1) is 32.5. The Bertz CT molecular complexity index is 1430. The lowest BCUT2D eigenvalue weighted by molar-refractivity contribution is 0.140. The van der Waals surface area contributed by atoms with Gasteiger partial charge in [-0.3, -0.25) is 4.79 Å². The van der Waals surface area contributed by atoms with Crippen LogP contribution in [0, 0.1) is 0 Å². The summed E-state index contributed by atoms with van der Waals surface area (Å²) in [6, 6.07) is 9.90. The Kier molecular flexibility index (Phi) is 9.68. The fourth-order valence-corrected chi connectivity index (χ4v) is 8.28. The van der Waals surface area contributed by atoms with Gasteiger partial charge in [-0.15, -0.1) is 0 Å². The standard InChI is InChI=1S/C31H47ClN4O5SSi/c1-31(2,3)43(4,5)41-20-22-6-8-23(9-7-22)35(24-10-11-24)25-12-14-26(15-13-25)36-30(37)29(32)28(19-34-36)33-18-27-21-40-16-17-42(27,38)39/h6-9,19,24-27,33H,10-18,20-21H2,1-5H3/t25-,26-,27-/m1/s1. The summed E-state index contributed by atoms with van der Waals surface area (Å²) in [5.74, 6) is 0.00542. The van der Waals surface area contributed by atoms with Gasteiger partial charge < -0.3 is 19.4 Å². The number of halogens is 1. The summed E-state index contributed by atoms with van der Waals surface area (Å²) < 4.78 is 37.9. The first-order valence-corrected chi connectivity index (χ1v) is 20.6. The van der Waals surface area contributed by atoms with E-state index in [0.717, 1.165) is 25.7 Å². The molecule has 3 fully saturated rings. The zero-order valence-electron chi connectivity index (χ0n) is 26.1. The quantitative estimate of drug-likeness (QED) is 0.322. The topological polar surface area (TPSA) is 103 Å². The highest BCUT2D eigenvalue weighted by Gasteiger charge is 2.38. The number of hydrogen-bond donors (Lipinski definition) is 1. The van der Waals surface area contributed by atoms with Crippen LogP contribution in [0.1, 0.15) is 70.9 Å². The minimum atomic E-state index is -3.23. The highest BCUT2D eigenvalue weighted by molar-refractivity contribution is 7.92. The molecule has 3 aliphatic rings. The van der Waals surface area contributed by atoms with E-state index in [4.69, 9.17) is 20.8 Å². The highest BCUT2D eigenvalue weighted by Crippen LogP contribution is 2.40. The maximum absolute atomic E-state index is 13.2. The van der Waals surface area contributed by atoms with Crippen LogP contribution in [0.3, 0.4) is 0 Å². The van der Waals surface area contributed by atoms with Crippen LogP contribution >= 0.6 is 11.6 Å². The first-order valence-electron chi connectivity index (χ1n) is 15.6. The predicted octanol–water partition coefficient (Wildman–Crippen LogP) is 5.80. The third-order valence-corrected chi connectivity index (χ3v) is 16.7. The summed E-state index contributed by atoms with van der Waals surface area (Å²) in [6.45, 7) is 12.5. The maximum Gasteiger partial charge on any atom is 0.287 e. The van der Waals surface area contributed by atoms with Crippen LogP contribution in [0.25, 0.3) is 0 Å². The van der Waals surface area contributed by atoms with Crippen LogP contribution in [-0.4, -0.2) is 69.4 Å². The third-order valence-electron chi connectivity index (χ3n) is 9.77. The lowest BCUT2D eigenvalue weighted by Gasteiger charge is -2.39. The summed E-state index contributed by atoms with van der Waals surface area (Å²) in [5.41, 5.74) is 2.49. The summed E-state index contributed by atoms with van der Waals surface area (Å²) in [6.07, 6.45) is 7.62. The molecule has 1 aromatic heterocycles. The van der Waals surface area contributed by atoms with Gasteiger partial charge in [0.1, 0.15) is 10.3 Å². The summed E-state index contributed by atoms with van der Waals surface area (Å²) in [5, 5.41) is 7.03. The third kappa shape index (κ3) is 7.49. The van der Waals surface area contributed by atoms with Crippen molar-refractivity contribution in [2.75, 3.05) is 35.7 Å². The Balaban J connectivity index is 1.19. The van der Waals surface area contributed by atoms with E-state index in [9.17, 15) is 13.2 Å². The number of sulfone groups is 1. The van der Waals surface area contributed by atoms with Crippen molar-refractivity contribution in [3.63, 3.8) is 0 Å². The van der Waals surface area contributed by atoms with Gasteiger partial charge >= 0.3 is 0 Å². The molecule has 0 bridgehead atoms. The molecule has 43 heavy (non-hydrogen) atoms. The number of hydrogen-bond acceptors (Lipinski definition) is 8. The minimum absolute atomic E-state index is 0.00542. The summed E-state index contributed by atoms with van der Waals surface area (Å²) in [4.78, 5) is 15.8. The van der Waals surface area contributed by atoms with Crippen molar-refractivity contribution in [2.45, 2.75) is 107 Å². The van der Waals surface area contributed by atoms with Gasteiger partial charge in [0.25, 0.3) is 5.56 Å². The maximum atomic E-state index is 13.2. The second-order valence-corrected chi connectivity index (χ2v) is 21.5. The van der Waals surface area contributed by atoms with Crippen molar-refractivity contribution in [2.24, 2.45) is 0 Å². The molecule has 1 aromatic carbocycles. The SMILES string of the molecule is CC(C)(C)[Si](C)(C)OCc1ccc(N(C2CC2)[C@H]2CC[C@H](n3ncc(NC[C@@H]4COCCS4(=O)=O)c(Cl)c3=O)CC2)cc1. The molecule has 238 valence electrons. The average Bonchev–Trinajstić information content (AvgIpc) is 3.79. The van der Waals surface area contributed by atoms with Crippen LogP contribution in [0.2, 0.25) is 23.2 Å². The van der Waals surface area contributed by atoms with Gasteiger partial charge in [0, 0.05) is 24.3 Å². The van der Waals surface area contributed by atoms with Crippen LogP contribution < -0.4 is 15.8 Å². The molecular formula is C31H47ClN4O5SSi. The lowest BCUT2D eigenvalue weighted by atomic mass is 9.89. The number of anilines is 2. The van der Waals surface area contributed by atoms with Crippen molar-refractivity contribution >= 4 is 41.1 Å². The van der Waals surface area contributed by atoms with E-state index in [0.29, 0.717) is 24.4 Å². The smallest absolute Gasteiger partial charge is 0.287 e. The lowest BCUT2D eigenvalue weighted by Crippen LogP contribution is -2.42. The van der Waals surface area contributed by atoms with Crippen LogP contribution in [-0.2, 0) is 25.6 Å². The van der Waals surface area contributed by atoms with Gasteiger partial charge in [-0.25, -0.2) is 13.1 Å². The molecule has 9 nitrogen and oxygen atoms in total. The number of rotatable bonds is 10. The van der Waals surface area contributed by atoms with Gasteiger partial charge in [-0.2, -0.15) is 5.10 Å². The Hall–Kier alpha value is -1.92. The summed E-state index contributed by atoms with van der Waals surface area (Å²) in [7, 11) is -5.03. The van der Waals surface area contributed by atoms with Gasteiger partial charge in [0.05, 0.1) is 43.5 Å². The monoisotopic (exact) mass is 650 g/mol. The Labute approximate surface area is 262 Å². The highest BCUT2D eigenvalue weighted by atomic mass is 35.5. The van der Waals surface area contributed by atoms with Crippen LogP contribution in [0.15, 0.2) is 35.3 Å². The largest absolute Gasteiger partial charge is 0.413 e. The molecule has 1 saturated heterocycles. The Morgan fingerprint density at radius 3 is 2.30 bits per heavy atom. The van der Waals surface area contributed by atoms with Crippen molar-refractivity contribution in [1.82, 2.24) is 9.78 Å². The number of ether oxygens (including phenoxy) is 1. The molecule has 2 heterocycles. The molecule has 2 aromatic rings. The molecule has 2 saturated carbocycles. The Morgan fingerprint density at radius 1 is 1.09 bits per heavy atom. The van der Waals surface area contributed by atoms with E-state index in [2.05, 4.69) is 73.4 Å². The Morgan fingerprint density at radius 2 is 1.72 bits per heavy atom. The number of aromatic nitrogens is 2. The predicted molar refractivity (Wildman–Crippen MR) is 176 cm³/mol. The molecular weight excluding hydrogens is 604 g/mol. The molecule has 5 rings (SSSR count). The van der Waals surface area contributed by atoms with E-state index >= 15 is 0 Å².